The molecule has 3 N–H and O–H groups in total. The second-order valence-electron chi connectivity index (χ2n) is 5.35. The van der Waals surface area contributed by atoms with Crippen molar-refractivity contribution in [3.63, 3.8) is 0 Å². The maximum Gasteiger partial charge on any atom is 0.124 e. The lowest BCUT2D eigenvalue weighted by Crippen LogP contribution is -2.38. The summed E-state index contributed by atoms with van der Waals surface area (Å²) in [7, 11) is 0. The molecule has 0 spiro atoms. The molecule has 1 aromatic carbocycles. The van der Waals surface area contributed by atoms with Crippen LogP contribution in [0.4, 0.5) is 4.39 Å². The van der Waals surface area contributed by atoms with E-state index >= 15 is 0 Å². The fraction of sp³-hybridized carbons (Fsp3) is 0.571. The predicted octanol–water partition coefficient (Wildman–Crippen LogP) is 3.01. The first-order valence-electron chi connectivity index (χ1n) is 6.37. The van der Waals surface area contributed by atoms with E-state index < -0.39 is 0 Å². The summed E-state index contributed by atoms with van der Waals surface area (Å²) in [5.41, 5.74) is 7.09. The summed E-state index contributed by atoms with van der Waals surface area (Å²) in [6.07, 6.45) is 4.17. The zero-order valence-electron chi connectivity index (χ0n) is 10.3. The molecule has 0 aliphatic heterocycles. The minimum Gasteiger partial charge on any atom is -0.393 e. The fourth-order valence-corrected chi connectivity index (χ4v) is 3.23. The maximum absolute atomic E-state index is 13.1. The molecular weight excluding hydrogens is 297 g/mol. The Labute approximate surface area is 116 Å². The van der Waals surface area contributed by atoms with Crippen molar-refractivity contribution in [2.45, 2.75) is 38.2 Å². The lowest BCUT2D eigenvalue weighted by molar-refractivity contribution is 0.0664. The van der Waals surface area contributed by atoms with Crippen molar-refractivity contribution < 1.29 is 9.50 Å². The first-order chi connectivity index (χ1) is 8.54. The van der Waals surface area contributed by atoms with Crippen molar-refractivity contribution in [1.82, 2.24) is 0 Å². The molecule has 2 nitrogen and oxygen atoms in total. The van der Waals surface area contributed by atoms with Crippen LogP contribution in [0, 0.1) is 11.2 Å². The Kier molecular flexibility index (Phi) is 4.41. The number of halogens is 2. The standard InChI is InChI=1S/C14H19BrFNO/c15-13-7-11(16)2-1-10(13)8-14(9-17)5-3-12(18)4-6-14/h1-2,7,12,18H,3-6,8-9,17H2. The van der Waals surface area contributed by atoms with E-state index in [9.17, 15) is 9.50 Å². The molecule has 0 bridgehead atoms. The second-order valence-corrected chi connectivity index (χ2v) is 6.20. The van der Waals surface area contributed by atoms with Gasteiger partial charge in [0.05, 0.1) is 6.10 Å². The van der Waals surface area contributed by atoms with E-state index in [0.717, 1.165) is 42.1 Å². The zero-order chi connectivity index (χ0) is 13.2. The van der Waals surface area contributed by atoms with Gasteiger partial charge in [-0.15, -0.1) is 0 Å². The molecule has 2 rings (SSSR count). The molecule has 4 heteroatoms. The Balaban J connectivity index is 2.15. The summed E-state index contributed by atoms with van der Waals surface area (Å²) in [6.45, 7) is 0.615. The number of benzene rings is 1. The van der Waals surface area contributed by atoms with Gasteiger partial charge in [-0.05, 0) is 61.8 Å². The third kappa shape index (κ3) is 3.11. The van der Waals surface area contributed by atoms with E-state index in [1.165, 1.54) is 12.1 Å². The highest BCUT2D eigenvalue weighted by Gasteiger charge is 2.34. The van der Waals surface area contributed by atoms with Gasteiger partial charge in [0.25, 0.3) is 0 Å². The number of aliphatic hydroxyl groups is 1. The van der Waals surface area contributed by atoms with Crippen LogP contribution in [0.15, 0.2) is 22.7 Å². The van der Waals surface area contributed by atoms with Crippen LogP contribution in [0.2, 0.25) is 0 Å². The van der Waals surface area contributed by atoms with E-state index in [1.807, 2.05) is 6.07 Å². The average Bonchev–Trinajstić information content (AvgIpc) is 2.36. The van der Waals surface area contributed by atoms with Gasteiger partial charge in [0.2, 0.25) is 0 Å². The van der Waals surface area contributed by atoms with Crippen molar-refractivity contribution in [3.05, 3.63) is 34.1 Å². The molecular formula is C14H19BrFNO. The highest BCUT2D eigenvalue weighted by atomic mass is 79.9. The normalized spacial score (nSPS) is 28.3. The van der Waals surface area contributed by atoms with Crippen molar-refractivity contribution in [2.24, 2.45) is 11.1 Å². The summed E-state index contributed by atoms with van der Waals surface area (Å²) in [6, 6.07) is 4.81. The molecule has 1 aliphatic carbocycles. The maximum atomic E-state index is 13.1. The van der Waals surface area contributed by atoms with E-state index in [1.54, 1.807) is 0 Å². The molecule has 1 aliphatic rings. The SMILES string of the molecule is NCC1(Cc2ccc(F)cc2Br)CCC(O)CC1. The molecule has 0 atom stereocenters. The molecule has 0 radical (unpaired) electrons. The van der Waals surface area contributed by atoms with Crippen molar-refractivity contribution in [1.29, 1.82) is 0 Å². The van der Waals surface area contributed by atoms with Crippen LogP contribution < -0.4 is 5.73 Å². The highest BCUT2D eigenvalue weighted by Crippen LogP contribution is 2.39. The van der Waals surface area contributed by atoms with Gasteiger partial charge in [-0.25, -0.2) is 4.39 Å². The van der Waals surface area contributed by atoms with Crippen molar-refractivity contribution in [2.75, 3.05) is 6.54 Å². The average molecular weight is 316 g/mol. The predicted molar refractivity (Wildman–Crippen MR) is 73.8 cm³/mol. The molecule has 0 heterocycles. The number of rotatable bonds is 3. The Morgan fingerprint density at radius 1 is 1.39 bits per heavy atom. The summed E-state index contributed by atoms with van der Waals surface area (Å²) in [5, 5.41) is 9.59. The first-order valence-corrected chi connectivity index (χ1v) is 7.16. The number of hydrogen-bond donors (Lipinski definition) is 2. The Morgan fingerprint density at radius 3 is 2.61 bits per heavy atom. The molecule has 100 valence electrons. The summed E-state index contributed by atoms with van der Waals surface area (Å²) in [4.78, 5) is 0. The van der Waals surface area contributed by atoms with Crippen molar-refractivity contribution in [3.8, 4) is 0 Å². The Bertz CT molecular complexity index is 416. The summed E-state index contributed by atoms with van der Waals surface area (Å²) >= 11 is 3.41. The highest BCUT2D eigenvalue weighted by molar-refractivity contribution is 9.10. The quantitative estimate of drug-likeness (QED) is 0.900. The minimum atomic E-state index is -0.230. The lowest BCUT2D eigenvalue weighted by atomic mass is 9.69. The van der Waals surface area contributed by atoms with Crippen LogP contribution in [-0.2, 0) is 6.42 Å². The Morgan fingerprint density at radius 2 is 2.06 bits per heavy atom. The topological polar surface area (TPSA) is 46.2 Å². The van der Waals surface area contributed by atoms with Crippen LogP contribution >= 0.6 is 15.9 Å². The van der Waals surface area contributed by atoms with Crippen LogP contribution in [0.5, 0.6) is 0 Å². The van der Waals surface area contributed by atoms with E-state index in [2.05, 4.69) is 15.9 Å². The number of aliphatic hydroxyl groups excluding tert-OH is 1. The van der Waals surface area contributed by atoms with Crippen molar-refractivity contribution >= 4 is 15.9 Å². The number of hydrogen-bond acceptors (Lipinski definition) is 2. The third-order valence-corrected chi connectivity index (χ3v) is 4.77. The van der Waals surface area contributed by atoms with Crippen LogP contribution in [0.3, 0.4) is 0 Å². The molecule has 1 aromatic rings. The van der Waals surface area contributed by atoms with Gasteiger partial charge in [0.1, 0.15) is 5.82 Å². The molecule has 1 saturated carbocycles. The molecule has 0 aromatic heterocycles. The van der Waals surface area contributed by atoms with Crippen LogP contribution in [-0.4, -0.2) is 17.8 Å². The van der Waals surface area contributed by atoms with Gasteiger partial charge in [0.15, 0.2) is 0 Å². The first kappa shape index (κ1) is 14.0. The lowest BCUT2D eigenvalue weighted by Gasteiger charge is -2.38. The van der Waals surface area contributed by atoms with Gasteiger partial charge < -0.3 is 10.8 Å². The van der Waals surface area contributed by atoms with Gasteiger partial charge in [-0.1, -0.05) is 22.0 Å². The van der Waals surface area contributed by atoms with E-state index in [4.69, 9.17) is 5.73 Å². The van der Waals surface area contributed by atoms with E-state index in [0.29, 0.717) is 6.54 Å². The molecule has 0 amide bonds. The third-order valence-electron chi connectivity index (χ3n) is 4.03. The summed E-state index contributed by atoms with van der Waals surface area (Å²) < 4.78 is 13.9. The zero-order valence-corrected chi connectivity index (χ0v) is 11.9. The second kappa shape index (κ2) is 5.68. The van der Waals surface area contributed by atoms with Gasteiger partial charge >= 0.3 is 0 Å². The Hall–Kier alpha value is -0.450. The van der Waals surface area contributed by atoms with Gasteiger partial charge in [-0.3, -0.25) is 0 Å². The van der Waals surface area contributed by atoms with Gasteiger partial charge in [0, 0.05) is 4.47 Å². The number of nitrogens with two attached hydrogens (primary N) is 1. The molecule has 18 heavy (non-hydrogen) atoms. The summed E-state index contributed by atoms with van der Waals surface area (Å²) in [5.74, 6) is -0.230. The monoisotopic (exact) mass is 315 g/mol. The van der Waals surface area contributed by atoms with Gasteiger partial charge in [-0.2, -0.15) is 0 Å². The molecule has 0 unspecified atom stereocenters. The minimum absolute atomic E-state index is 0.0551. The van der Waals surface area contributed by atoms with Crippen LogP contribution in [0.25, 0.3) is 0 Å². The molecule has 0 saturated heterocycles. The molecule has 1 fully saturated rings. The largest absolute Gasteiger partial charge is 0.393 e. The fourth-order valence-electron chi connectivity index (χ4n) is 2.74. The van der Waals surface area contributed by atoms with E-state index in [-0.39, 0.29) is 17.3 Å². The van der Waals surface area contributed by atoms with Crippen LogP contribution in [0.1, 0.15) is 31.2 Å². The smallest absolute Gasteiger partial charge is 0.124 e.